The van der Waals surface area contributed by atoms with Crippen LogP contribution in [0.15, 0.2) is 248 Å². The molecule has 0 amide bonds. The third kappa shape index (κ3) is 7.93. The van der Waals surface area contributed by atoms with Crippen LogP contribution in [0.25, 0.3) is 60.6 Å². The normalized spacial score (nSPS) is 13.0. The van der Waals surface area contributed by atoms with E-state index in [9.17, 15) is 8.78 Å². The summed E-state index contributed by atoms with van der Waals surface area (Å²) in [5.41, 5.74) is 15.7. The predicted octanol–water partition coefficient (Wildman–Crippen LogP) is 17.7. The van der Waals surface area contributed by atoms with E-state index in [0.717, 1.165) is 95.5 Å². The first-order chi connectivity index (χ1) is 34.5. The summed E-state index contributed by atoms with van der Waals surface area (Å²) in [6, 6.07) is 74.8. The van der Waals surface area contributed by atoms with Crippen molar-refractivity contribution in [2.45, 2.75) is 20.0 Å². The van der Waals surface area contributed by atoms with Crippen molar-refractivity contribution in [1.29, 1.82) is 0 Å². The van der Waals surface area contributed by atoms with E-state index in [4.69, 9.17) is 0 Å². The van der Waals surface area contributed by atoms with E-state index in [-0.39, 0.29) is 5.82 Å². The van der Waals surface area contributed by atoms with Gasteiger partial charge in [-0.3, -0.25) is 0 Å². The number of nitrogens with zero attached hydrogens (tertiary/aromatic N) is 4. The van der Waals surface area contributed by atoms with Gasteiger partial charge in [0, 0.05) is 67.1 Å². The van der Waals surface area contributed by atoms with E-state index in [1.54, 1.807) is 0 Å². The number of aromatic nitrogens is 2. The van der Waals surface area contributed by atoms with Crippen molar-refractivity contribution in [3.05, 3.63) is 265 Å². The number of hydrogen-bond acceptors (Lipinski definition) is 2. The van der Waals surface area contributed by atoms with Gasteiger partial charge in [0.05, 0.1) is 22.1 Å². The molecule has 0 bridgehead atoms. The van der Waals surface area contributed by atoms with Gasteiger partial charge in [-0.05, 0) is 163 Å². The van der Waals surface area contributed by atoms with E-state index >= 15 is 0 Å². The fourth-order valence-corrected chi connectivity index (χ4v) is 10.1. The standard InChI is InChI=1S/C64H48F2N4/c1-44(67(50-12-4-2-5-13-50)55-36-38-63-59(41-55)57-16-8-10-18-61(57)69(63)53-30-23-46(43-65)24-31-53)20-25-48(40-45-21-22-45)47-26-32-52(33-27-47)68(51-14-6-3-7-15-51)56-37-39-64-60(42-56)58-17-9-11-19-62(58)70(64)54-34-28-49(66)29-35-54/h2-39,41-42,45H,40,43H2,1H3/b44-20+,48-25+. The number of benzene rings is 9. The molecule has 2 heterocycles. The molecule has 2 aromatic heterocycles. The fraction of sp³-hybridized carbons (Fsp3) is 0.0625. The lowest BCUT2D eigenvalue weighted by molar-refractivity contribution is 0.485. The summed E-state index contributed by atoms with van der Waals surface area (Å²) in [7, 11) is 0. The van der Waals surface area contributed by atoms with Crippen molar-refractivity contribution in [1.82, 2.24) is 9.13 Å². The largest absolute Gasteiger partial charge is 0.314 e. The Morgan fingerprint density at radius 2 is 0.957 bits per heavy atom. The number of alkyl halides is 1. The molecule has 0 radical (unpaired) electrons. The van der Waals surface area contributed by atoms with Crippen LogP contribution < -0.4 is 9.80 Å². The predicted molar refractivity (Wildman–Crippen MR) is 289 cm³/mol. The van der Waals surface area contributed by atoms with Crippen LogP contribution in [-0.4, -0.2) is 9.13 Å². The van der Waals surface area contributed by atoms with E-state index in [1.807, 2.05) is 36.4 Å². The number of anilines is 5. The minimum atomic E-state index is -0.484. The smallest absolute Gasteiger partial charge is 0.123 e. The monoisotopic (exact) mass is 910 g/mol. The zero-order valence-electron chi connectivity index (χ0n) is 38.6. The third-order valence-electron chi connectivity index (χ3n) is 13.6. The highest BCUT2D eigenvalue weighted by Gasteiger charge is 2.21. The Balaban J connectivity index is 0.913. The lowest BCUT2D eigenvalue weighted by atomic mass is 9.98. The number of para-hydroxylation sites is 4. The summed E-state index contributed by atoms with van der Waals surface area (Å²) in [6.07, 6.45) is 10.0. The number of allylic oxidation sites excluding steroid dienone is 6. The maximum atomic E-state index is 14.1. The van der Waals surface area contributed by atoms with E-state index in [2.05, 4.69) is 220 Å². The molecule has 9 aromatic carbocycles. The molecule has 338 valence electrons. The van der Waals surface area contributed by atoms with Crippen LogP contribution in [0, 0.1) is 11.7 Å². The maximum Gasteiger partial charge on any atom is 0.123 e. The second-order valence-corrected chi connectivity index (χ2v) is 18.0. The third-order valence-corrected chi connectivity index (χ3v) is 13.6. The SMILES string of the molecule is C/C(=C\C=C(/CC1C=C1)c1ccc(N(c2ccccc2)c2ccc3c(c2)c2ccccc2n3-c2ccc(F)cc2)cc1)N(c1ccccc1)c1ccc2c(c1)c1ccccc1n2-c1ccc(CF)cc1. The van der Waals surface area contributed by atoms with E-state index in [0.29, 0.717) is 11.5 Å². The average molecular weight is 911 g/mol. The number of hydrogen-bond donors (Lipinski definition) is 0. The molecule has 0 fully saturated rings. The van der Waals surface area contributed by atoms with Crippen molar-refractivity contribution in [2.75, 3.05) is 9.80 Å². The van der Waals surface area contributed by atoms with Crippen LogP contribution in [0.1, 0.15) is 24.5 Å². The van der Waals surface area contributed by atoms with Gasteiger partial charge in [0.15, 0.2) is 0 Å². The molecule has 0 atom stereocenters. The van der Waals surface area contributed by atoms with Crippen molar-refractivity contribution in [3.8, 4) is 11.4 Å². The molecule has 1 aliphatic rings. The number of rotatable bonds is 13. The van der Waals surface area contributed by atoms with Crippen molar-refractivity contribution in [2.24, 2.45) is 5.92 Å². The summed E-state index contributed by atoms with van der Waals surface area (Å²) >= 11 is 0. The van der Waals surface area contributed by atoms with Crippen molar-refractivity contribution >= 4 is 77.6 Å². The molecule has 4 nitrogen and oxygen atoms in total. The molecule has 0 unspecified atom stereocenters. The quantitative estimate of drug-likeness (QED) is 0.0846. The first-order valence-electron chi connectivity index (χ1n) is 23.8. The first-order valence-corrected chi connectivity index (χ1v) is 23.8. The first kappa shape index (κ1) is 42.6. The van der Waals surface area contributed by atoms with Gasteiger partial charge in [0.1, 0.15) is 12.5 Å². The summed E-state index contributed by atoms with van der Waals surface area (Å²) < 4.78 is 32.1. The molecule has 12 rings (SSSR count). The molecule has 1 aliphatic carbocycles. The van der Waals surface area contributed by atoms with Gasteiger partial charge in [0.25, 0.3) is 0 Å². The van der Waals surface area contributed by atoms with Gasteiger partial charge >= 0.3 is 0 Å². The van der Waals surface area contributed by atoms with Gasteiger partial charge < -0.3 is 18.9 Å². The van der Waals surface area contributed by atoms with Gasteiger partial charge in [-0.1, -0.05) is 115 Å². The van der Waals surface area contributed by atoms with Crippen LogP contribution in [0.5, 0.6) is 0 Å². The molecule has 0 saturated heterocycles. The summed E-state index contributed by atoms with van der Waals surface area (Å²) in [5.74, 6) is 0.180. The molecular formula is C64H48F2N4. The summed E-state index contributed by atoms with van der Waals surface area (Å²) in [5, 5.41) is 4.56. The Bertz CT molecular complexity index is 3780. The second-order valence-electron chi connectivity index (χ2n) is 18.0. The maximum absolute atomic E-state index is 14.1. The minimum absolute atomic E-state index is 0.253. The molecule has 11 aromatic rings. The Morgan fingerprint density at radius 3 is 1.54 bits per heavy atom. The van der Waals surface area contributed by atoms with Crippen LogP contribution in [-0.2, 0) is 6.67 Å². The van der Waals surface area contributed by atoms with Gasteiger partial charge in [0.2, 0.25) is 0 Å². The topological polar surface area (TPSA) is 16.3 Å². The number of fused-ring (bicyclic) bond motifs is 6. The molecule has 6 heteroatoms. The highest BCUT2D eigenvalue weighted by molar-refractivity contribution is 6.12. The summed E-state index contributed by atoms with van der Waals surface area (Å²) in [4.78, 5) is 4.65. The molecule has 0 N–H and O–H groups in total. The van der Waals surface area contributed by atoms with Gasteiger partial charge in [-0.2, -0.15) is 0 Å². The average Bonchev–Trinajstić information content (AvgIpc) is 4.10. The lowest BCUT2D eigenvalue weighted by Crippen LogP contribution is -2.14. The Morgan fingerprint density at radius 1 is 0.471 bits per heavy atom. The fourth-order valence-electron chi connectivity index (χ4n) is 10.1. The van der Waals surface area contributed by atoms with Crippen molar-refractivity contribution in [3.63, 3.8) is 0 Å². The highest BCUT2D eigenvalue weighted by Crippen LogP contribution is 2.42. The van der Waals surface area contributed by atoms with Gasteiger partial charge in [-0.15, -0.1) is 0 Å². The Hall–Kier alpha value is -8.74. The van der Waals surface area contributed by atoms with Crippen LogP contribution in [0.4, 0.5) is 37.2 Å². The van der Waals surface area contributed by atoms with Crippen LogP contribution in [0.2, 0.25) is 0 Å². The summed E-state index contributed by atoms with van der Waals surface area (Å²) in [6.45, 7) is 1.70. The zero-order valence-corrected chi connectivity index (χ0v) is 38.6. The molecule has 0 spiro atoms. The Labute approximate surface area is 406 Å². The minimum Gasteiger partial charge on any atom is -0.314 e. The van der Waals surface area contributed by atoms with E-state index in [1.165, 1.54) is 23.3 Å². The Kier molecular flexibility index (Phi) is 11.0. The van der Waals surface area contributed by atoms with Gasteiger partial charge in [-0.25, -0.2) is 8.78 Å². The molecular weight excluding hydrogens is 863 g/mol. The van der Waals surface area contributed by atoms with Crippen LogP contribution in [0.3, 0.4) is 0 Å². The lowest BCUT2D eigenvalue weighted by Gasteiger charge is -2.26. The van der Waals surface area contributed by atoms with Crippen molar-refractivity contribution < 1.29 is 8.78 Å². The molecule has 0 saturated carbocycles. The molecule has 70 heavy (non-hydrogen) atoms. The number of halogens is 2. The highest BCUT2D eigenvalue weighted by atomic mass is 19.1. The molecule has 0 aliphatic heterocycles. The second kappa shape index (κ2) is 18.1. The van der Waals surface area contributed by atoms with E-state index < -0.39 is 6.67 Å². The zero-order chi connectivity index (χ0) is 47.1. The van der Waals surface area contributed by atoms with Crippen LogP contribution >= 0.6 is 0 Å².